The Morgan fingerprint density at radius 3 is 2.73 bits per heavy atom. The van der Waals surface area contributed by atoms with Crippen LogP contribution < -0.4 is 10.5 Å². The van der Waals surface area contributed by atoms with Crippen molar-refractivity contribution in [3.63, 3.8) is 0 Å². The lowest BCUT2D eigenvalue weighted by molar-refractivity contribution is 0.0993. The number of halogens is 1. The third kappa shape index (κ3) is 4.44. The van der Waals surface area contributed by atoms with Crippen LogP contribution in [0.2, 0.25) is 0 Å². The number of likely N-dealkylation sites (tertiary alicyclic amines) is 1. The molecule has 2 heterocycles. The number of sulfonamides is 1. The maximum absolute atomic E-state index is 13.1. The van der Waals surface area contributed by atoms with Crippen molar-refractivity contribution in [3.05, 3.63) is 64.3 Å². The van der Waals surface area contributed by atoms with Crippen LogP contribution in [0.3, 0.4) is 0 Å². The second-order valence-corrected chi connectivity index (χ2v) is 10.2. The number of aromatic nitrogens is 1. The number of nitrogens with two attached hydrogens (primary N) is 1. The summed E-state index contributed by atoms with van der Waals surface area (Å²) >= 11 is 3.36. The van der Waals surface area contributed by atoms with E-state index in [0.717, 1.165) is 26.1 Å². The minimum Gasteiger partial charge on any atom is -0.364 e. The molecule has 0 radical (unpaired) electrons. The van der Waals surface area contributed by atoms with Gasteiger partial charge in [0, 0.05) is 35.0 Å². The second-order valence-electron chi connectivity index (χ2n) is 7.61. The molecule has 3 aromatic rings. The number of carbonyl (C=O) groups is 1. The van der Waals surface area contributed by atoms with Crippen LogP contribution in [0.4, 0.5) is 0 Å². The molecule has 1 aliphatic rings. The first kappa shape index (κ1) is 21.0. The minimum atomic E-state index is -3.92. The van der Waals surface area contributed by atoms with Crippen LogP contribution >= 0.6 is 15.9 Å². The fourth-order valence-corrected chi connectivity index (χ4v) is 5.80. The number of carbonyl (C=O) groups excluding carboxylic acids is 1. The first-order valence-electron chi connectivity index (χ1n) is 9.70. The molecule has 1 unspecified atom stereocenters. The Balaban J connectivity index is 1.48. The van der Waals surface area contributed by atoms with E-state index in [1.54, 1.807) is 18.2 Å². The molecule has 9 heteroatoms. The van der Waals surface area contributed by atoms with E-state index in [1.165, 1.54) is 5.56 Å². The van der Waals surface area contributed by atoms with Gasteiger partial charge in [-0.3, -0.25) is 9.69 Å². The molecule has 30 heavy (non-hydrogen) atoms. The molecule has 1 aliphatic heterocycles. The van der Waals surface area contributed by atoms with Gasteiger partial charge in [0.05, 0.1) is 0 Å². The number of hydrogen-bond donors (Lipinski definition) is 3. The van der Waals surface area contributed by atoms with E-state index in [0.29, 0.717) is 21.9 Å². The van der Waals surface area contributed by atoms with Gasteiger partial charge in [0.15, 0.2) is 0 Å². The van der Waals surface area contributed by atoms with Crippen molar-refractivity contribution < 1.29 is 13.2 Å². The molecule has 0 bridgehead atoms. The average molecular weight is 491 g/mol. The smallest absolute Gasteiger partial charge is 0.266 e. The van der Waals surface area contributed by atoms with Crippen molar-refractivity contribution in [1.82, 2.24) is 14.6 Å². The lowest BCUT2D eigenvalue weighted by Crippen LogP contribution is -2.32. The SMILES string of the molecule is NC(=O)c1[nH]c2ccc(Br)cc2c1S(=O)(=O)NCC1CCN(Cc2ccccc2)C1. The first-order valence-corrected chi connectivity index (χ1v) is 12.0. The highest BCUT2D eigenvalue weighted by Crippen LogP contribution is 2.29. The van der Waals surface area contributed by atoms with Gasteiger partial charge in [-0.25, -0.2) is 13.1 Å². The first-order chi connectivity index (χ1) is 14.3. The van der Waals surface area contributed by atoms with E-state index in [-0.39, 0.29) is 16.5 Å². The number of benzene rings is 2. The van der Waals surface area contributed by atoms with Gasteiger partial charge in [-0.1, -0.05) is 46.3 Å². The maximum atomic E-state index is 13.1. The lowest BCUT2D eigenvalue weighted by Gasteiger charge is -2.16. The van der Waals surface area contributed by atoms with Crippen LogP contribution in [0.5, 0.6) is 0 Å². The van der Waals surface area contributed by atoms with Gasteiger partial charge in [0.25, 0.3) is 5.91 Å². The molecular weight excluding hydrogens is 468 g/mol. The fourth-order valence-electron chi connectivity index (χ4n) is 3.96. The third-order valence-electron chi connectivity index (χ3n) is 5.41. The zero-order valence-electron chi connectivity index (χ0n) is 16.3. The number of primary amides is 1. The molecule has 1 amide bonds. The van der Waals surface area contributed by atoms with E-state index < -0.39 is 15.9 Å². The molecule has 1 fully saturated rings. The van der Waals surface area contributed by atoms with Crippen LogP contribution in [0.15, 0.2) is 57.9 Å². The maximum Gasteiger partial charge on any atom is 0.266 e. The van der Waals surface area contributed by atoms with Gasteiger partial charge in [0.1, 0.15) is 10.6 Å². The number of fused-ring (bicyclic) bond motifs is 1. The number of nitrogens with zero attached hydrogens (tertiary/aromatic N) is 1. The fraction of sp³-hybridized carbons (Fsp3) is 0.286. The van der Waals surface area contributed by atoms with Crippen LogP contribution in [-0.4, -0.2) is 43.8 Å². The summed E-state index contributed by atoms with van der Waals surface area (Å²) in [5, 5.41) is 0.433. The van der Waals surface area contributed by atoms with Crippen LogP contribution in [0, 0.1) is 5.92 Å². The van der Waals surface area contributed by atoms with Gasteiger partial charge < -0.3 is 10.7 Å². The third-order valence-corrected chi connectivity index (χ3v) is 7.41. The number of hydrogen-bond acceptors (Lipinski definition) is 4. The van der Waals surface area contributed by atoms with Gasteiger partial charge in [-0.15, -0.1) is 0 Å². The Kier molecular flexibility index (Phi) is 5.97. The lowest BCUT2D eigenvalue weighted by atomic mass is 10.1. The van der Waals surface area contributed by atoms with E-state index in [2.05, 4.69) is 42.7 Å². The predicted octanol–water partition coefficient (Wildman–Crippen LogP) is 2.83. The average Bonchev–Trinajstić information content (AvgIpc) is 3.31. The standard InChI is InChI=1S/C21H23BrN4O3S/c22-16-6-7-18-17(10-16)20(19(25-18)21(23)27)30(28,29)24-11-15-8-9-26(13-15)12-14-4-2-1-3-5-14/h1-7,10,15,24-25H,8-9,11-13H2,(H2,23,27). The number of rotatable bonds is 7. The molecule has 2 aromatic carbocycles. The Hall–Kier alpha value is -2.20. The number of aromatic amines is 1. The van der Waals surface area contributed by atoms with E-state index in [9.17, 15) is 13.2 Å². The molecular formula is C21H23BrN4O3S. The zero-order valence-corrected chi connectivity index (χ0v) is 18.7. The van der Waals surface area contributed by atoms with Gasteiger partial charge in [0.2, 0.25) is 10.0 Å². The number of nitrogens with one attached hydrogen (secondary N) is 2. The normalized spacial score (nSPS) is 17.6. The molecule has 4 N–H and O–H groups in total. The highest BCUT2D eigenvalue weighted by Gasteiger charge is 2.29. The molecule has 1 atom stereocenters. The molecule has 1 aromatic heterocycles. The summed E-state index contributed by atoms with van der Waals surface area (Å²) in [6, 6.07) is 15.4. The predicted molar refractivity (Wildman–Crippen MR) is 120 cm³/mol. The van der Waals surface area contributed by atoms with Crippen molar-refractivity contribution >= 4 is 42.8 Å². The summed E-state index contributed by atoms with van der Waals surface area (Å²) in [5.41, 5.74) is 7.13. The molecule has 0 aliphatic carbocycles. The van der Waals surface area contributed by atoms with Crippen LogP contribution in [-0.2, 0) is 16.6 Å². The summed E-state index contributed by atoms with van der Waals surface area (Å²) in [5.74, 6) is -0.602. The molecule has 0 spiro atoms. The van der Waals surface area contributed by atoms with Crippen molar-refractivity contribution in [2.45, 2.75) is 17.9 Å². The molecule has 1 saturated heterocycles. The summed E-state index contributed by atoms with van der Waals surface area (Å²) in [7, 11) is -3.92. The Labute approximate surface area is 183 Å². The van der Waals surface area contributed by atoms with E-state index in [1.807, 2.05) is 18.2 Å². The van der Waals surface area contributed by atoms with Crippen molar-refractivity contribution in [1.29, 1.82) is 0 Å². The summed E-state index contributed by atoms with van der Waals surface area (Å²) in [6.45, 7) is 2.91. The van der Waals surface area contributed by atoms with E-state index >= 15 is 0 Å². The van der Waals surface area contributed by atoms with Crippen LogP contribution in [0.1, 0.15) is 22.5 Å². The second kappa shape index (κ2) is 8.50. The van der Waals surface area contributed by atoms with Crippen LogP contribution in [0.25, 0.3) is 10.9 Å². The molecule has 0 saturated carbocycles. The minimum absolute atomic E-state index is 0.0922. The quantitative estimate of drug-likeness (QED) is 0.472. The van der Waals surface area contributed by atoms with E-state index in [4.69, 9.17) is 5.73 Å². The van der Waals surface area contributed by atoms with Crippen molar-refractivity contribution in [2.75, 3.05) is 19.6 Å². The van der Waals surface area contributed by atoms with Crippen molar-refractivity contribution in [3.8, 4) is 0 Å². The highest BCUT2D eigenvalue weighted by molar-refractivity contribution is 9.10. The van der Waals surface area contributed by atoms with Crippen molar-refractivity contribution in [2.24, 2.45) is 11.7 Å². The Morgan fingerprint density at radius 2 is 2.00 bits per heavy atom. The largest absolute Gasteiger partial charge is 0.364 e. The topological polar surface area (TPSA) is 108 Å². The zero-order chi connectivity index (χ0) is 21.3. The number of H-pyrrole nitrogens is 1. The molecule has 158 valence electrons. The Morgan fingerprint density at radius 1 is 1.23 bits per heavy atom. The molecule has 4 rings (SSSR count). The number of amides is 1. The van der Waals surface area contributed by atoms with Gasteiger partial charge >= 0.3 is 0 Å². The van der Waals surface area contributed by atoms with Gasteiger partial charge in [-0.05, 0) is 42.6 Å². The summed E-state index contributed by atoms with van der Waals surface area (Å²) < 4.78 is 29.6. The Bertz CT molecular complexity index is 1180. The summed E-state index contributed by atoms with van der Waals surface area (Å²) in [4.78, 5) is 17.0. The summed E-state index contributed by atoms with van der Waals surface area (Å²) in [6.07, 6.45) is 0.914. The molecule has 7 nitrogen and oxygen atoms in total. The van der Waals surface area contributed by atoms with Gasteiger partial charge in [-0.2, -0.15) is 0 Å². The highest BCUT2D eigenvalue weighted by atomic mass is 79.9. The monoisotopic (exact) mass is 490 g/mol.